The van der Waals surface area contributed by atoms with Gasteiger partial charge in [0.1, 0.15) is 6.20 Å². The molecule has 0 aliphatic rings. The zero-order valence-corrected chi connectivity index (χ0v) is 11.4. The molecule has 0 aliphatic heterocycles. The Hall–Kier alpha value is -1.79. The van der Waals surface area contributed by atoms with Gasteiger partial charge in [-0.2, -0.15) is 5.10 Å². The lowest BCUT2D eigenvalue weighted by atomic mass is 10.1. The van der Waals surface area contributed by atoms with Crippen LogP contribution in [0.2, 0.25) is 10.0 Å². The van der Waals surface area contributed by atoms with Gasteiger partial charge in [-0.25, -0.2) is 4.68 Å². The lowest BCUT2D eigenvalue weighted by Gasteiger charge is -2.15. The Morgan fingerprint density at radius 1 is 1.47 bits per heavy atom. The molecular formula is C11H10Cl2N4O2. The molecule has 1 atom stereocenters. The predicted octanol–water partition coefficient (Wildman–Crippen LogP) is 3.29. The van der Waals surface area contributed by atoms with E-state index in [1.807, 2.05) is 0 Å². The van der Waals surface area contributed by atoms with Crippen LogP contribution in [0.15, 0.2) is 24.4 Å². The first-order valence-corrected chi connectivity index (χ1v) is 6.10. The van der Waals surface area contributed by atoms with Crippen LogP contribution in [0.1, 0.15) is 18.5 Å². The molecular weight excluding hydrogens is 291 g/mol. The van der Waals surface area contributed by atoms with Crippen molar-refractivity contribution in [3.8, 4) is 0 Å². The van der Waals surface area contributed by atoms with E-state index in [4.69, 9.17) is 28.9 Å². The fraction of sp³-hybridized carbons (Fsp3) is 0.182. The topological polar surface area (TPSA) is 87.0 Å². The first-order chi connectivity index (χ1) is 8.93. The Morgan fingerprint density at radius 2 is 2.16 bits per heavy atom. The first-order valence-electron chi connectivity index (χ1n) is 5.34. The highest BCUT2D eigenvalue weighted by Gasteiger charge is 2.23. The van der Waals surface area contributed by atoms with Crippen molar-refractivity contribution < 1.29 is 4.92 Å². The highest BCUT2D eigenvalue weighted by atomic mass is 35.5. The molecule has 2 rings (SSSR count). The molecule has 0 fully saturated rings. The van der Waals surface area contributed by atoms with Crippen LogP contribution in [0.4, 0.5) is 11.5 Å². The van der Waals surface area contributed by atoms with Crippen LogP contribution in [0, 0.1) is 10.1 Å². The second kappa shape index (κ2) is 5.07. The molecule has 0 saturated carbocycles. The normalized spacial score (nSPS) is 12.4. The molecule has 1 unspecified atom stereocenters. The van der Waals surface area contributed by atoms with Gasteiger partial charge in [-0.05, 0) is 18.6 Å². The van der Waals surface area contributed by atoms with Gasteiger partial charge >= 0.3 is 5.69 Å². The summed E-state index contributed by atoms with van der Waals surface area (Å²) in [5.41, 5.74) is 6.18. The van der Waals surface area contributed by atoms with Gasteiger partial charge < -0.3 is 5.73 Å². The number of nitro groups is 1. The third-order valence-electron chi connectivity index (χ3n) is 2.81. The van der Waals surface area contributed by atoms with Gasteiger partial charge in [0.25, 0.3) is 0 Å². The van der Waals surface area contributed by atoms with Crippen molar-refractivity contribution in [2.75, 3.05) is 5.73 Å². The largest absolute Gasteiger partial charge is 0.378 e. The number of aromatic nitrogens is 2. The van der Waals surface area contributed by atoms with Gasteiger partial charge in [0, 0.05) is 0 Å². The molecule has 2 aromatic rings. The van der Waals surface area contributed by atoms with Crippen molar-refractivity contribution in [3.05, 3.63) is 50.1 Å². The van der Waals surface area contributed by atoms with Crippen molar-refractivity contribution in [1.29, 1.82) is 0 Å². The van der Waals surface area contributed by atoms with E-state index in [9.17, 15) is 10.1 Å². The monoisotopic (exact) mass is 300 g/mol. The van der Waals surface area contributed by atoms with E-state index < -0.39 is 4.92 Å². The Balaban J connectivity index is 2.47. The van der Waals surface area contributed by atoms with Crippen molar-refractivity contribution >= 4 is 34.7 Å². The van der Waals surface area contributed by atoms with Gasteiger partial charge in [0.2, 0.25) is 5.82 Å². The second-order valence-electron chi connectivity index (χ2n) is 3.94. The lowest BCUT2D eigenvalue weighted by molar-refractivity contribution is -0.384. The van der Waals surface area contributed by atoms with Gasteiger partial charge in [0.15, 0.2) is 0 Å². The number of rotatable bonds is 3. The zero-order chi connectivity index (χ0) is 14.2. The van der Waals surface area contributed by atoms with Crippen molar-refractivity contribution in [3.63, 3.8) is 0 Å². The summed E-state index contributed by atoms with van der Waals surface area (Å²) in [7, 11) is 0. The van der Waals surface area contributed by atoms with Gasteiger partial charge in [0.05, 0.1) is 21.0 Å². The van der Waals surface area contributed by atoms with Crippen LogP contribution in [-0.4, -0.2) is 14.7 Å². The van der Waals surface area contributed by atoms with Crippen LogP contribution >= 0.6 is 23.2 Å². The third kappa shape index (κ3) is 2.36. The van der Waals surface area contributed by atoms with E-state index >= 15 is 0 Å². The highest BCUT2D eigenvalue weighted by Crippen LogP contribution is 2.33. The molecule has 6 nitrogen and oxygen atoms in total. The third-order valence-corrected chi connectivity index (χ3v) is 3.64. The van der Waals surface area contributed by atoms with Gasteiger partial charge in [-0.1, -0.05) is 35.3 Å². The van der Waals surface area contributed by atoms with Crippen molar-refractivity contribution in [1.82, 2.24) is 9.78 Å². The van der Waals surface area contributed by atoms with Crippen molar-refractivity contribution in [2.24, 2.45) is 0 Å². The van der Waals surface area contributed by atoms with E-state index in [1.165, 1.54) is 4.68 Å². The second-order valence-corrected chi connectivity index (χ2v) is 4.72. The number of anilines is 1. The SMILES string of the molecule is CC(c1cccc(Cl)c1Cl)n1ncc([N+](=O)[O-])c1N. The molecule has 100 valence electrons. The van der Waals surface area contributed by atoms with Crippen LogP contribution in [0.25, 0.3) is 0 Å². The number of nitrogens with two attached hydrogens (primary N) is 1. The minimum Gasteiger partial charge on any atom is -0.378 e. The van der Waals surface area contributed by atoms with Crippen molar-refractivity contribution in [2.45, 2.75) is 13.0 Å². The predicted molar refractivity (Wildman–Crippen MR) is 73.6 cm³/mol. The van der Waals surface area contributed by atoms with E-state index in [1.54, 1.807) is 25.1 Å². The minimum absolute atomic E-state index is 0.0199. The molecule has 1 aromatic carbocycles. The molecule has 1 aromatic heterocycles. The molecule has 0 spiro atoms. The maximum Gasteiger partial charge on any atom is 0.330 e. The fourth-order valence-corrected chi connectivity index (χ4v) is 2.25. The summed E-state index contributed by atoms with van der Waals surface area (Å²) >= 11 is 12.1. The number of halogens is 2. The Kier molecular flexibility index (Phi) is 3.64. The molecule has 2 N–H and O–H groups in total. The maximum absolute atomic E-state index is 10.7. The van der Waals surface area contributed by atoms with E-state index in [2.05, 4.69) is 5.10 Å². The Labute approximate surface area is 118 Å². The van der Waals surface area contributed by atoms with E-state index in [0.29, 0.717) is 15.6 Å². The molecule has 0 amide bonds. The number of hydrogen-bond acceptors (Lipinski definition) is 4. The van der Waals surface area contributed by atoms with Gasteiger partial charge in [-0.15, -0.1) is 0 Å². The highest BCUT2D eigenvalue weighted by molar-refractivity contribution is 6.42. The number of hydrogen-bond donors (Lipinski definition) is 1. The number of nitrogens with zero attached hydrogens (tertiary/aromatic N) is 3. The molecule has 1 heterocycles. The molecule has 0 radical (unpaired) electrons. The quantitative estimate of drug-likeness (QED) is 0.696. The van der Waals surface area contributed by atoms with Crippen LogP contribution in [-0.2, 0) is 0 Å². The minimum atomic E-state index is -0.578. The average molecular weight is 301 g/mol. The Morgan fingerprint density at radius 3 is 2.74 bits per heavy atom. The summed E-state index contributed by atoms with van der Waals surface area (Å²) in [6.07, 6.45) is 1.12. The summed E-state index contributed by atoms with van der Waals surface area (Å²) in [4.78, 5) is 10.2. The smallest absolute Gasteiger partial charge is 0.330 e. The van der Waals surface area contributed by atoms with Gasteiger partial charge in [-0.3, -0.25) is 10.1 Å². The standard InChI is InChI=1S/C11H10Cl2N4O2/c1-6(7-3-2-4-8(12)10(7)13)16-11(14)9(5-15-16)17(18)19/h2-6H,14H2,1H3. The molecule has 0 saturated heterocycles. The maximum atomic E-state index is 10.7. The molecule has 19 heavy (non-hydrogen) atoms. The van der Waals surface area contributed by atoms with Crippen LogP contribution in [0.5, 0.6) is 0 Å². The van der Waals surface area contributed by atoms with Crippen LogP contribution in [0.3, 0.4) is 0 Å². The van der Waals surface area contributed by atoms with E-state index in [-0.39, 0.29) is 17.5 Å². The summed E-state index contributed by atoms with van der Waals surface area (Å²) in [6.45, 7) is 1.78. The average Bonchev–Trinajstić information content (AvgIpc) is 2.74. The summed E-state index contributed by atoms with van der Waals surface area (Å²) in [6, 6.07) is 4.81. The first kappa shape index (κ1) is 13.6. The summed E-state index contributed by atoms with van der Waals surface area (Å²) < 4.78 is 1.34. The molecule has 0 aliphatic carbocycles. The molecule has 8 heteroatoms. The number of nitrogen functional groups attached to an aromatic ring is 1. The Bertz CT molecular complexity index is 642. The van der Waals surface area contributed by atoms with Crippen LogP contribution < -0.4 is 5.73 Å². The number of benzene rings is 1. The molecule has 0 bridgehead atoms. The lowest BCUT2D eigenvalue weighted by Crippen LogP contribution is -2.12. The summed E-state index contributed by atoms with van der Waals surface area (Å²) in [5, 5.41) is 15.5. The zero-order valence-electron chi connectivity index (χ0n) is 9.88. The van der Waals surface area contributed by atoms with E-state index in [0.717, 1.165) is 6.20 Å². The summed E-state index contributed by atoms with van der Waals surface area (Å²) in [5.74, 6) is -0.0199. The fourth-order valence-electron chi connectivity index (χ4n) is 1.79.